The van der Waals surface area contributed by atoms with Crippen molar-refractivity contribution in [3.63, 3.8) is 0 Å². The molecule has 0 aliphatic rings. The normalized spacial score (nSPS) is 9.67. The third-order valence-electron chi connectivity index (χ3n) is 2.14. The number of amides is 1. The van der Waals surface area contributed by atoms with Gasteiger partial charge < -0.3 is 19.9 Å². The summed E-state index contributed by atoms with van der Waals surface area (Å²) < 4.78 is 6.25. The highest BCUT2D eigenvalue weighted by molar-refractivity contribution is 5.92. The van der Waals surface area contributed by atoms with Crippen molar-refractivity contribution in [3.05, 3.63) is 28.7 Å². The minimum absolute atomic E-state index is 0. The Hall–Kier alpha value is -1.37. The summed E-state index contributed by atoms with van der Waals surface area (Å²) in [5.41, 5.74) is 0.492. The topological polar surface area (TPSA) is 72.4 Å². The standard InChI is InChI=1S/C11H17N3O3.ClH/c1-14-8-9(3-4-11(14)16)13-10(15)7-12-5-6-17-2;/h3-4,8,12H,5-7H2,1-2H3,(H,13,15);1H. The van der Waals surface area contributed by atoms with Crippen molar-refractivity contribution < 1.29 is 9.53 Å². The van der Waals surface area contributed by atoms with E-state index in [1.807, 2.05) is 0 Å². The number of hydrogen-bond acceptors (Lipinski definition) is 4. The highest BCUT2D eigenvalue weighted by atomic mass is 35.5. The third kappa shape index (κ3) is 5.81. The largest absolute Gasteiger partial charge is 0.383 e. The summed E-state index contributed by atoms with van der Waals surface area (Å²) in [7, 11) is 3.24. The van der Waals surface area contributed by atoms with Crippen molar-refractivity contribution in [2.45, 2.75) is 0 Å². The van der Waals surface area contributed by atoms with Crippen LogP contribution in [0.5, 0.6) is 0 Å². The smallest absolute Gasteiger partial charge is 0.250 e. The first-order valence-corrected chi connectivity index (χ1v) is 5.29. The zero-order chi connectivity index (χ0) is 12.7. The van der Waals surface area contributed by atoms with E-state index < -0.39 is 0 Å². The van der Waals surface area contributed by atoms with Crippen LogP contribution in [-0.2, 0) is 16.6 Å². The Morgan fingerprint density at radius 1 is 1.44 bits per heavy atom. The first-order chi connectivity index (χ1) is 8.13. The van der Waals surface area contributed by atoms with Crippen molar-refractivity contribution >= 4 is 24.0 Å². The van der Waals surface area contributed by atoms with Gasteiger partial charge in [-0.05, 0) is 6.07 Å². The monoisotopic (exact) mass is 275 g/mol. The summed E-state index contributed by atoms with van der Waals surface area (Å²) in [6, 6.07) is 2.99. The number of carbonyl (C=O) groups excluding carboxylic acids is 1. The molecular weight excluding hydrogens is 258 g/mol. The number of rotatable bonds is 6. The zero-order valence-corrected chi connectivity index (χ0v) is 11.3. The predicted molar refractivity (Wildman–Crippen MR) is 72.3 cm³/mol. The summed E-state index contributed by atoms with van der Waals surface area (Å²) >= 11 is 0. The third-order valence-corrected chi connectivity index (χ3v) is 2.14. The van der Waals surface area contributed by atoms with Gasteiger partial charge in [0.05, 0.1) is 18.8 Å². The molecule has 0 spiro atoms. The maximum absolute atomic E-state index is 11.5. The molecule has 0 aliphatic heterocycles. The van der Waals surface area contributed by atoms with Crippen LogP contribution in [0.3, 0.4) is 0 Å². The molecule has 0 aliphatic carbocycles. The Labute approximate surface area is 112 Å². The lowest BCUT2D eigenvalue weighted by Gasteiger charge is -2.07. The van der Waals surface area contributed by atoms with Crippen LogP contribution in [-0.4, -0.2) is 37.3 Å². The van der Waals surface area contributed by atoms with Crippen molar-refractivity contribution in [3.8, 4) is 0 Å². The van der Waals surface area contributed by atoms with Crippen LogP contribution in [0.25, 0.3) is 0 Å². The molecule has 0 aromatic carbocycles. The minimum atomic E-state index is -0.153. The van der Waals surface area contributed by atoms with Gasteiger partial charge in [0.2, 0.25) is 11.5 Å². The molecule has 18 heavy (non-hydrogen) atoms. The lowest BCUT2D eigenvalue weighted by Crippen LogP contribution is -2.30. The van der Waals surface area contributed by atoms with Gasteiger partial charge in [-0.1, -0.05) is 0 Å². The van der Waals surface area contributed by atoms with E-state index >= 15 is 0 Å². The molecule has 0 saturated heterocycles. The van der Waals surface area contributed by atoms with E-state index in [9.17, 15) is 9.59 Å². The van der Waals surface area contributed by atoms with Crippen LogP contribution in [0.1, 0.15) is 0 Å². The SMILES string of the molecule is COCCNCC(=O)Nc1ccc(=O)n(C)c1.Cl. The molecule has 1 heterocycles. The number of aromatic nitrogens is 1. The van der Waals surface area contributed by atoms with Gasteiger partial charge >= 0.3 is 0 Å². The average molecular weight is 276 g/mol. The fourth-order valence-electron chi connectivity index (χ4n) is 1.25. The number of ether oxygens (including phenoxy) is 1. The number of nitrogens with zero attached hydrogens (tertiary/aromatic N) is 1. The quantitative estimate of drug-likeness (QED) is 0.716. The molecule has 0 radical (unpaired) electrons. The Bertz CT molecular complexity index is 434. The Morgan fingerprint density at radius 3 is 2.78 bits per heavy atom. The van der Waals surface area contributed by atoms with E-state index in [-0.39, 0.29) is 30.4 Å². The maximum atomic E-state index is 11.5. The fourth-order valence-corrected chi connectivity index (χ4v) is 1.25. The number of nitrogens with one attached hydrogen (secondary N) is 2. The second-order valence-corrected chi connectivity index (χ2v) is 3.58. The Morgan fingerprint density at radius 2 is 2.17 bits per heavy atom. The Kier molecular flexibility index (Phi) is 8.02. The molecule has 1 amide bonds. The molecule has 0 unspecified atom stereocenters. The van der Waals surface area contributed by atoms with Crippen molar-refractivity contribution in [1.29, 1.82) is 0 Å². The summed E-state index contributed by atoms with van der Waals surface area (Å²) in [5.74, 6) is -0.153. The van der Waals surface area contributed by atoms with Crippen LogP contribution < -0.4 is 16.2 Å². The summed E-state index contributed by atoms with van der Waals surface area (Å²) in [6.45, 7) is 1.40. The van der Waals surface area contributed by atoms with Crippen LogP contribution in [0, 0.1) is 0 Å². The summed E-state index contributed by atoms with van der Waals surface area (Å²) in [4.78, 5) is 22.6. The molecule has 1 aromatic heterocycles. The van der Waals surface area contributed by atoms with Crippen LogP contribution in [0.2, 0.25) is 0 Å². The lowest BCUT2D eigenvalue weighted by molar-refractivity contribution is -0.115. The molecule has 0 bridgehead atoms. The maximum Gasteiger partial charge on any atom is 0.250 e. The molecule has 0 fully saturated rings. The van der Waals surface area contributed by atoms with Crippen LogP contribution in [0.4, 0.5) is 5.69 Å². The van der Waals surface area contributed by atoms with Gasteiger partial charge in [0, 0.05) is 33.0 Å². The van der Waals surface area contributed by atoms with Gasteiger partial charge in [-0.3, -0.25) is 9.59 Å². The van der Waals surface area contributed by atoms with E-state index in [2.05, 4.69) is 10.6 Å². The second kappa shape index (κ2) is 8.68. The number of aryl methyl sites for hydroxylation is 1. The number of methoxy groups -OCH3 is 1. The molecule has 0 saturated carbocycles. The average Bonchev–Trinajstić information content (AvgIpc) is 2.30. The number of pyridine rings is 1. The number of carbonyl (C=O) groups is 1. The molecule has 7 heteroatoms. The summed E-state index contributed by atoms with van der Waals surface area (Å²) in [6.07, 6.45) is 1.58. The van der Waals surface area contributed by atoms with E-state index in [0.717, 1.165) is 0 Å². The first-order valence-electron chi connectivity index (χ1n) is 5.29. The van der Waals surface area contributed by atoms with Crippen molar-refractivity contribution in [2.75, 3.05) is 32.1 Å². The van der Waals surface area contributed by atoms with E-state index in [1.54, 1.807) is 26.4 Å². The molecule has 2 N–H and O–H groups in total. The fraction of sp³-hybridized carbons (Fsp3) is 0.455. The molecule has 1 rings (SSSR count). The molecule has 1 aromatic rings. The number of anilines is 1. The van der Waals surface area contributed by atoms with Gasteiger partial charge in [0.15, 0.2) is 0 Å². The van der Waals surface area contributed by atoms with Crippen molar-refractivity contribution in [1.82, 2.24) is 9.88 Å². The van der Waals surface area contributed by atoms with Crippen LogP contribution in [0.15, 0.2) is 23.1 Å². The van der Waals surface area contributed by atoms with Crippen molar-refractivity contribution in [2.24, 2.45) is 7.05 Å². The highest BCUT2D eigenvalue weighted by Crippen LogP contribution is 2.01. The lowest BCUT2D eigenvalue weighted by atomic mass is 10.4. The number of halogens is 1. The van der Waals surface area contributed by atoms with Gasteiger partial charge in [-0.2, -0.15) is 0 Å². The van der Waals surface area contributed by atoms with Crippen LogP contribution >= 0.6 is 12.4 Å². The second-order valence-electron chi connectivity index (χ2n) is 3.58. The van der Waals surface area contributed by atoms with Gasteiger partial charge in [0.1, 0.15) is 0 Å². The highest BCUT2D eigenvalue weighted by Gasteiger charge is 2.02. The summed E-state index contributed by atoms with van der Waals surface area (Å²) in [5, 5.41) is 5.61. The van der Waals surface area contributed by atoms with E-state index in [1.165, 1.54) is 10.6 Å². The first kappa shape index (κ1) is 16.6. The molecule has 0 atom stereocenters. The Balaban J connectivity index is 0.00000289. The number of hydrogen-bond donors (Lipinski definition) is 2. The van der Waals surface area contributed by atoms with Gasteiger partial charge in [-0.15, -0.1) is 12.4 Å². The molecule has 102 valence electrons. The molecule has 6 nitrogen and oxygen atoms in total. The van der Waals surface area contributed by atoms with E-state index in [4.69, 9.17) is 4.74 Å². The minimum Gasteiger partial charge on any atom is -0.383 e. The van der Waals surface area contributed by atoms with Gasteiger partial charge in [0.25, 0.3) is 0 Å². The van der Waals surface area contributed by atoms with Gasteiger partial charge in [-0.25, -0.2) is 0 Å². The van der Waals surface area contributed by atoms with E-state index in [0.29, 0.717) is 18.8 Å². The predicted octanol–water partition coefficient (Wildman–Crippen LogP) is -0.0184. The molecular formula is C11H18ClN3O3. The zero-order valence-electron chi connectivity index (χ0n) is 10.4.